The molecule has 0 saturated carbocycles. The van der Waals surface area contributed by atoms with Gasteiger partial charge in [-0.05, 0) is 25.7 Å². The molecule has 1 saturated heterocycles. The summed E-state index contributed by atoms with van der Waals surface area (Å²) >= 11 is 0. The maximum atomic E-state index is 12.6. The Hall–Kier alpha value is -1.74. The summed E-state index contributed by atoms with van der Waals surface area (Å²) in [5, 5.41) is 4.01. The highest BCUT2D eigenvalue weighted by Gasteiger charge is 2.34. The van der Waals surface area contributed by atoms with E-state index in [2.05, 4.69) is 15.1 Å². The average molecular weight is 339 g/mol. The number of hydrogen-bond donors (Lipinski definition) is 0. The highest BCUT2D eigenvalue weighted by atomic mass is 32.2. The lowest BCUT2D eigenvalue weighted by molar-refractivity contribution is 0.383. The number of sulfonamides is 1. The molecule has 1 fully saturated rings. The molecule has 1 unspecified atom stereocenters. The average Bonchev–Trinajstić information content (AvgIpc) is 3.19. The summed E-state index contributed by atoms with van der Waals surface area (Å²) in [6.07, 6.45) is 3.98. The zero-order valence-corrected chi connectivity index (χ0v) is 14.4. The monoisotopic (exact) mass is 339 g/mol. The largest absolute Gasteiger partial charge is 0.340 e. The van der Waals surface area contributed by atoms with E-state index < -0.39 is 10.0 Å². The molecular weight excluding hydrogens is 318 g/mol. The Labute approximate surface area is 135 Å². The quantitative estimate of drug-likeness (QED) is 0.808. The molecule has 3 rings (SSSR count). The summed E-state index contributed by atoms with van der Waals surface area (Å²) in [7, 11) is -1.71. The van der Waals surface area contributed by atoms with E-state index in [0.717, 1.165) is 12.8 Å². The van der Waals surface area contributed by atoms with Crippen molar-refractivity contribution in [2.75, 3.05) is 13.1 Å². The summed E-state index contributed by atoms with van der Waals surface area (Å²) in [4.78, 5) is 8.33. The van der Waals surface area contributed by atoms with Crippen LogP contribution >= 0.6 is 0 Å². The topological polar surface area (TPSA) is 94.1 Å². The maximum Gasteiger partial charge on any atom is 0.262 e. The SMILES string of the molecule is Cc1nc(CCC2CCN(S(=O)(=O)c3cn(C)c(C)n3)C2)no1. The second kappa shape index (κ2) is 6.04. The van der Waals surface area contributed by atoms with Crippen LogP contribution in [0.25, 0.3) is 0 Å². The second-order valence-corrected chi connectivity index (χ2v) is 7.91. The molecule has 0 N–H and O–H groups in total. The summed E-state index contributed by atoms with van der Waals surface area (Å²) in [6.45, 7) is 4.61. The minimum absolute atomic E-state index is 0.131. The molecule has 1 atom stereocenters. The summed E-state index contributed by atoms with van der Waals surface area (Å²) in [6, 6.07) is 0. The molecule has 2 aromatic rings. The van der Waals surface area contributed by atoms with Gasteiger partial charge in [-0.25, -0.2) is 13.4 Å². The summed E-state index contributed by atoms with van der Waals surface area (Å²) in [5.41, 5.74) is 0. The molecule has 0 amide bonds. The standard InChI is InChI=1S/C14H21N5O3S/c1-10-15-14(9-18(10)3)23(20,21)19-7-6-12(8-19)4-5-13-16-11(2)22-17-13/h9,12H,4-8H2,1-3H3. The fourth-order valence-corrected chi connectivity index (χ4v) is 4.37. The van der Waals surface area contributed by atoms with Gasteiger partial charge in [0.1, 0.15) is 5.82 Å². The zero-order valence-electron chi connectivity index (χ0n) is 13.6. The first kappa shape index (κ1) is 16.1. The lowest BCUT2D eigenvalue weighted by Crippen LogP contribution is -2.29. The summed E-state index contributed by atoms with van der Waals surface area (Å²) in [5.74, 6) is 2.24. The van der Waals surface area contributed by atoms with E-state index in [4.69, 9.17) is 4.52 Å². The van der Waals surface area contributed by atoms with E-state index in [1.807, 2.05) is 0 Å². The molecule has 1 aliphatic rings. The van der Waals surface area contributed by atoms with E-state index in [9.17, 15) is 8.42 Å². The van der Waals surface area contributed by atoms with Crippen molar-refractivity contribution >= 4 is 10.0 Å². The van der Waals surface area contributed by atoms with Crippen molar-refractivity contribution in [1.82, 2.24) is 24.0 Å². The van der Waals surface area contributed by atoms with Gasteiger partial charge in [-0.2, -0.15) is 9.29 Å². The van der Waals surface area contributed by atoms with Crippen molar-refractivity contribution in [3.63, 3.8) is 0 Å². The van der Waals surface area contributed by atoms with Crippen molar-refractivity contribution in [2.24, 2.45) is 13.0 Å². The Morgan fingerprint density at radius 1 is 1.35 bits per heavy atom. The Bertz CT molecular complexity index is 776. The van der Waals surface area contributed by atoms with Crippen LogP contribution in [0.5, 0.6) is 0 Å². The second-order valence-electron chi connectivity index (χ2n) is 6.02. The first-order valence-electron chi connectivity index (χ1n) is 7.65. The van der Waals surface area contributed by atoms with Crippen LogP contribution in [0, 0.1) is 19.8 Å². The summed E-state index contributed by atoms with van der Waals surface area (Å²) < 4.78 is 33.5. The van der Waals surface area contributed by atoms with Crippen molar-refractivity contribution in [3.8, 4) is 0 Å². The number of aromatic nitrogens is 4. The van der Waals surface area contributed by atoms with Gasteiger partial charge < -0.3 is 9.09 Å². The van der Waals surface area contributed by atoms with E-state index >= 15 is 0 Å². The molecule has 126 valence electrons. The van der Waals surface area contributed by atoms with Crippen molar-refractivity contribution in [1.29, 1.82) is 0 Å². The minimum Gasteiger partial charge on any atom is -0.340 e. The smallest absolute Gasteiger partial charge is 0.262 e. The van der Waals surface area contributed by atoms with E-state index in [0.29, 0.717) is 43.0 Å². The third-order valence-electron chi connectivity index (χ3n) is 4.29. The van der Waals surface area contributed by atoms with Crippen LogP contribution < -0.4 is 0 Å². The molecule has 3 heterocycles. The van der Waals surface area contributed by atoms with Gasteiger partial charge in [-0.3, -0.25) is 0 Å². The van der Waals surface area contributed by atoms with E-state index in [1.54, 1.807) is 31.7 Å². The molecular formula is C14H21N5O3S. The van der Waals surface area contributed by atoms with Gasteiger partial charge in [-0.15, -0.1) is 0 Å². The lowest BCUT2D eigenvalue weighted by atomic mass is 10.0. The number of imidazole rings is 1. The number of aryl methyl sites for hydroxylation is 4. The highest BCUT2D eigenvalue weighted by Crippen LogP contribution is 2.26. The predicted octanol–water partition coefficient (Wildman–Crippen LogP) is 1.06. The zero-order chi connectivity index (χ0) is 16.6. The predicted molar refractivity (Wildman–Crippen MR) is 82.2 cm³/mol. The fraction of sp³-hybridized carbons (Fsp3) is 0.643. The van der Waals surface area contributed by atoms with Gasteiger partial charge in [-0.1, -0.05) is 5.16 Å². The molecule has 8 nitrogen and oxygen atoms in total. The van der Waals surface area contributed by atoms with Crippen LogP contribution in [0.3, 0.4) is 0 Å². The third-order valence-corrected chi connectivity index (χ3v) is 6.02. The Morgan fingerprint density at radius 3 is 2.74 bits per heavy atom. The number of nitrogens with zero attached hydrogens (tertiary/aromatic N) is 5. The lowest BCUT2D eigenvalue weighted by Gasteiger charge is -2.14. The van der Waals surface area contributed by atoms with Gasteiger partial charge in [0.2, 0.25) is 5.89 Å². The van der Waals surface area contributed by atoms with Crippen molar-refractivity contribution < 1.29 is 12.9 Å². The number of hydrogen-bond acceptors (Lipinski definition) is 6. The van der Waals surface area contributed by atoms with E-state index in [-0.39, 0.29) is 5.03 Å². The number of rotatable bonds is 5. The molecule has 0 bridgehead atoms. The first-order valence-corrected chi connectivity index (χ1v) is 9.09. The van der Waals surface area contributed by atoms with Gasteiger partial charge in [0.15, 0.2) is 10.9 Å². The maximum absolute atomic E-state index is 12.6. The molecule has 0 aliphatic carbocycles. The Morgan fingerprint density at radius 2 is 2.13 bits per heavy atom. The molecule has 9 heteroatoms. The van der Waals surface area contributed by atoms with Crippen LogP contribution in [-0.2, 0) is 23.5 Å². The van der Waals surface area contributed by atoms with Gasteiger partial charge in [0, 0.05) is 39.7 Å². The normalized spacial score (nSPS) is 19.5. The minimum atomic E-state index is -3.50. The van der Waals surface area contributed by atoms with Gasteiger partial charge >= 0.3 is 0 Å². The first-order chi connectivity index (χ1) is 10.9. The van der Waals surface area contributed by atoms with Crippen LogP contribution in [0.2, 0.25) is 0 Å². The molecule has 23 heavy (non-hydrogen) atoms. The van der Waals surface area contributed by atoms with E-state index in [1.165, 1.54) is 4.31 Å². The highest BCUT2D eigenvalue weighted by molar-refractivity contribution is 7.89. The van der Waals surface area contributed by atoms with Crippen LogP contribution in [-0.4, -0.2) is 45.5 Å². The van der Waals surface area contributed by atoms with Crippen molar-refractivity contribution in [2.45, 2.75) is 38.1 Å². The molecule has 0 radical (unpaired) electrons. The van der Waals surface area contributed by atoms with Crippen molar-refractivity contribution in [3.05, 3.63) is 23.7 Å². The van der Waals surface area contributed by atoms with Crippen LogP contribution in [0.15, 0.2) is 15.7 Å². The Kier molecular flexibility index (Phi) is 4.24. The molecule has 2 aromatic heterocycles. The van der Waals surface area contributed by atoms with Gasteiger partial charge in [0.25, 0.3) is 10.0 Å². The third kappa shape index (κ3) is 3.30. The molecule has 0 aromatic carbocycles. The van der Waals surface area contributed by atoms with Crippen LogP contribution in [0.1, 0.15) is 30.4 Å². The van der Waals surface area contributed by atoms with Crippen LogP contribution in [0.4, 0.5) is 0 Å². The molecule has 1 aliphatic heterocycles. The van der Waals surface area contributed by atoms with Gasteiger partial charge in [0.05, 0.1) is 0 Å². The fourth-order valence-electron chi connectivity index (χ4n) is 2.81. The Balaban J connectivity index is 1.62. The molecule has 0 spiro atoms.